The zero-order valence-electron chi connectivity index (χ0n) is 20.9. The van der Waals surface area contributed by atoms with Crippen molar-refractivity contribution in [2.24, 2.45) is 0 Å². The Hall–Kier alpha value is -3.97. The fraction of sp³-hybridized carbons (Fsp3) is 0.269. The number of benzene rings is 3. The minimum atomic E-state index is -4.53. The summed E-state index contributed by atoms with van der Waals surface area (Å²) < 4.78 is 72.7. The summed E-state index contributed by atoms with van der Waals surface area (Å²) >= 11 is 0. The molecule has 0 bridgehead atoms. The monoisotopic (exact) mass is 563 g/mol. The number of hydrogen-bond donors (Lipinski definition) is 0. The normalized spacial score (nSPS) is 14.7. The number of nitro groups is 1. The van der Waals surface area contributed by atoms with Crippen LogP contribution in [0.5, 0.6) is 11.5 Å². The summed E-state index contributed by atoms with van der Waals surface area (Å²) in [7, 11) is -4.29. The molecular weight excluding hydrogens is 539 g/mol. The van der Waals surface area contributed by atoms with Gasteiger partial charge in [0.25, 0.3) is 11.6 Å². The highest BCUT2D eigenvalue weighted by atomic mass is 32.2. The third-order valence-corrected chi connectivity index (χ3v) is 8.22. The molecule has 1 saturated heterocycles. The molecule has 39 heavy (non-hydrogen) atoms. The summed E-state index contributed by atoms with van der Waals surface area (Å²) in [5, 5.41) is 11.4. The van der Waals surface area contributed by atoms with Crippen LogP contribution in [0.3, 0.4) is 0 Å². The minimum absolute atomic E-state index is 0.0266. The van der Waals surface area contributed by atoms with E-state index in [1.54, 1.807) is 19.1 Å². The van der Waals surface area contributed by atoms with Crippen molar-refractivity contribution < 1.29 is 36.0 Å². The number of non-ortho nitro benzene ring substituents is 1. The smallest absolute Gasteiger partial charge is 0.416 e. The average Bonchev–Trinajstić information content (AvgIpc) is 2.90. The van der Waals surface area contributed by atoms with Gasteiger partial charge in [0.15, 0.2) is 0 Å². The van der Waals surface area contributed by atoms with Gasteiger partial charge in [0.1, 0.15) is 16.4 Å². The summed E-state index contributed by atoms with van der Waals surface area (Å²) in [4.78, 5) is 24.5. The Morgan fingerprint density at radius 2 is 1.56 bits per heavy atom. The van der Waals surface area contributed by atoms with Gasteiger partial charge >= 0.3 is 6.18 Å². The van der Waals surface area contributed by atoms with Gasteiger partial charge in [-0.25, -0.2) is 8.42 Å². The molecule has 0 N–H and O–H groups in total. The lowest BCUT2D eigenvalue weighted by atomic mass is 10.1. The van der Waals surface area contributed by atoms with Crippen molar-refractivity contribution in [3.05, 3.63) is 93.0 Å². The number of sulfonamides is 1. The zero-order valence-corrected chi connectivity index (χ0v) is 21.8. The number of carbonyl (C=O) groups excluding carboxylic acids is 1. The molecule has 1 aliphatic heterocycles. The summed E-state index contributed by atoms with van der Waals surface area (Å²) in [6.07, 6.45) is -4.53. The van der Waals surface area contributed by atoms with Gasteiger partial charge in [0, 0.05) is 43.9 Å². The summed E-state index contributed by atoms with van der Waals surface area (Å²) in [5.74, 6) is -0.222. The Morgan fingerprint density at radius 1 is 0.923 bits per heavy atom. The molecule has 0 aliphatic carbocycles. The van der Waals surface area contributed by atoms with E-state index < -0.39 is 38.3 Å². The largest absolute Gasteiger partial charge is 0.456 e. The SMILES string of the molecule is Cc1ccc(C)c(Oc2ccc([N+](=O)[O-])cc2S(=O)(=O)N2CCN(C(=O)c3ccc(C(F)(F)F)cc3)CC2)c1. The summed E-state index contributed by atoms with van der Waals surface area (Å²) in [6.45, 7) is 3.31. The number of nitro benzene ring substituents is 1. The molecule has 0 aromatic heterocycles. The van der Waals surface area contributed by atoms with E-state index in [1.165, 1.54) is 11.0 Å². The van der Waals surface area contributed by atoms with Crippen LogP contribution < -0.4 is 4.74 Å². The van der Waals surface area contributed by atoms with Crippen LogP contribution in [-0.4, -0.2) is 54.6 Å². The second kappa shape index (κ2) is 10.7. The third kappa shape index (κ3) is 6.04. The first-order chi connectivity index (χ1) is 18.3. The second-order valence-corrected chi connectivity index (χ2v) is 10.9. The van der Waals surface area contributed by atoms with Crippen molar-refractivity contribution in [2.45, 2.75) is 24.9 Å². The first-order valence-electron chi connectivity index (χ1n) is 11.8. The maximum absolute atomic E-state index is 13.6. The number of aryl methyl sites for hydroxylation is 2. The predicted octanol–water partition coefficient (Wildman–Crippen LogP) is 5.17. The van der Waals surface area contributed by atoms with Crippen LogP contribution in [0.1, 0.15) is 27.0 Å². The Labute approximate surface area is 222 Å². The molecule has 1 fully saturated rings. The predicted molar refractivity (Wildman–Crippen MR) is 135 cm³/mol. The van der Waals surface area contributed by atoms with Gasteiger partial charge < -0.3 is 9.64 Å². The Kier molecular flexibility index (Phi) is 7.66. The Morgan fingerprint density at radius 3 is 2.15 bits per heavy atom. The number of carbonyl (C=O) groups is 1. The Bertz CT molecular complexity index is 1520. The quantitative estimate of drug-likeness (QED) is 0.302. The number of rotatable bonds is 6. The van der Waals surface area contributed by atoms with Crippen LogP contribution in [-0.2, 0) is 16.2 Å². The molecule has 1 amide bonds. The van der Waals surface area contributed by atoms with E-state index in [9.17, 15) is 36.5 Å². The number of nitrogens with zero attached hydrogens (tertiary/aromatic N) is 3. The van der Waals surface area contributed by atoms with Crippen LogP contribution in [0.2, 0.25) is 0 Å². The van der Waals surface area contributed by atoms with Crippen molar-refractivity contribution in [1.29, 1.82) is 0 Å². The van der Waals surface area contributed by atoms with Crippen molar-refractivity contribution >= 4 is 21.6 Å². The van der Waals surface area contributed by atoms with Gasteiger partial charge in [0.2, 0.25) is 10.0 Å². The molecule has 9 nitrogen and oxygen atoms in total. The molecule has 1 heterocycles. The van der Waals surface area contributed by atoms with Crippen LogP contribution in [0.15, 0.2) is 65.6 Å². The van der Waals surface area contributed by atoms with Crippen LogP contribution in [0, 0.1) is 24.0 Å². The molecule has 0 unspecified atom stereocenters. The fourth-order valence-corrected chi connectivity index (χ4v) is 5.64. The molecule has 206 valence electrons. The third-order valence-electron chi connectivity index (χ3n) is 6.30. The van der Waals surface area contributed by atoms with E-state index in [0.717, 1.165) is 51.8 Å². The number of piperazine rings is 1. The zero-order chi connectivity index (χ0) is 28.5. The Balaban J connectivity index is 1.56. The lowest BCUT2D eigenvalue weighted by Gasteiger charge is -2.34. The standard InChI is InChI=1S/C26H24F3N3O6S/c1-17-3-4-18(2)23(15-17)38-22-10-9-21(32(34)35)16-24(22)39(36,37)31-13-11-30(12-14-31)25(33)19-5-7-20(8-6-19)26(27,28)29/h3-10,15-16H,11-14H2,1-2H3. The van der Waals surface area contributed by atoms with E-state index in [4.69, 9.17) is 4.74 Å². The number of hydrogen-bond acceptors (Lipinski definition) is 6. The first kappa shape index (κ1) is 28.0. The number of alkyl halides is 3. The van der Waals surface area contributed by atoms with Crippen molar-refractivity contribution in [2.75, 3.05) is 26.2 Å². The van der Waals surface area contributed by atoms with Gasteiger partial charge in [-0.2, -0.15) is 17.5 Å². The number of ether oxygens (including phenoxy) is 1. The number of halogens is 3. The van der Waals surface area contributed by atoms with Crippen LogP contribution >= 0.6 is 0 Å². The lowest BCUT2D eigenvalue weighted by molar-refractivity contribution is -0.385. The van der Waals surface area contributed by atoms with Gasteiger partial charge in [-0.15, -0.1) is 0 Å². The van der Waals surface area contributed by atoms with Crippen molar-refractivity contribution in [1.82, 2.24) is 9.21 Å². The van der Waals surface area contributed by atoms with E-state index in [-0.39, 0.29) is 42.4 Å². The highest BCUT2D eigenvalue weighted by Crippen LogP contribution is 2.36. The molecular formula is C26H24F3N3O6S. The van der Waals surface area contributed by atoms with Crippen LogP contribution in [0.4, 0.5) is 18.9 Å². The molecule has 0 spiro atoms. The van der Waals surface area contributed by atoms with E-state index in [1.807, 2.05) is 13.0 Å². The molecule has 13 heteroatoms. The fourth-order valence-electron chi connectivity index (χ4n) is 4.09. The summed E-state index contributed by atoms with van der Waals surface area (Å²) in [6, 6.07) is 12.5. The van der Waals surface area contributed by atoms with E-state index in [0.29, 0.717) is 5.75 Å². The van der Waals surface area contributed by atoms with Crippen molar-refractivity contribution in [3.63, 3.8) is 0 Å². The van der Waals surface area contributed by atoms with Crippen LogP contribution in [0.25, 0.3) is 0 Å². The maximum Gasteiger partial charge on any atom is 0.416 e. The first-order valence-corrected chi connectivity index (χ1v) is 13.2. The van der Waals surface area contributed by atoms with Crippen molar-refractivity contribution in [3.8, 4) is 11.5 Å². The highest BCUT2D eigenvalue weighted by molar-refractivity contribution is 7.89. The molecule has 0 saturated carbocycles. The van der Waals surface area contributed by atoms with E-state index in [2.05, 4.69) is 0 Å². The lowest BCUT2D eigenvalue weighted by Crippen LogP contribution is -2.50. The molecule has 3 aromatic carbocycles. The molecule has 4 rings (SSSR count). The highest BCUT2D eigenvalue weighted by Gasteiger charge is 2.35. The minimum Gasteiger partial charge on any atom is -0.456 e. The van der Waals surface area contributed by atoms with E-state index >= 15 is 0 Å². The average molecular weight is 564 g/mol. The van der Waals surface area contributed by atoms with Gasteiger partial charge in [-0.05, 0) is 61.4 Å². The molecule has 0 radical (unpaired) electrons. The molecule has 1 aliphatic rings. The van der Waals surface area contributed by atoms with Gasteiger partial charge in [0.05, 0.1) is 10.5 Å². The maximum atomic E-state index is 13.6. The second-order valence-electron chi connectivity index (χ2n) is 9.03. The van der Waals surface area contributed by atoms with Gasteiger partial charge in [-0.1, -0.05) is 12.1 Å². The molecule has 0 atom stereocenters. The summed E-state index contributed by atoms with van der Waals surface area (Å²) in [5.41, 5.74) is 0.333. The molecule has 3 aromatic rings. The number of amides is 1. The topological polar surface area (TPSA) is 110 Å². The van der Waals surface area contributed by atoms with Gasteiger partial charge in [-0.3, -0.25) is 14.9 Å².